The van der Waals surface area contributed by atoms with Crippen molar-refractivity contribution in [3.05, 3.63) is 52.7 Å². The Labute approximate surface area is 166 Å². The van der Waals surface area contributed by atoms with E-state index in [2.05, 4.69) is 21.9 Å². The number of nitrogens with zero attached hydrogens (tertiary/aromatic N) is 1. The molecule has 0 radical (unpaired) electrons. The van der Waals surface area contributed by atoms with E-state index < -0.39 is 10.0 Å². The van der Waals surface area contributed by atoms with Crippen molar-refractivity contribution in [2.75, 3.05) is 13.7 Å². The summed E-state index contributed by atoms with van der Waals surface area (Å²) >= 11 is 0. The van der Waals surface area contributed by atoms with Crippen molar-refractivity contribution < 1.29 is 17.9 Å². The lowest BCUT2D eigenvalue weighted by Crippen LogP contribution is -2.25. The van der Waals surface area contributed by atoms with Gasteiger partial charge in [0.15, 0.2) is 0 Å². The molecule has 28 heavy (non-hydrogen) atoms. The lowest BCUT2D eigenvalue weighted by molar-refractivity contribution is 0.0950. The molecule has 1 heterocycles. The van der Waals surface area contributed by atoms with E-state index in [1.54, 1.807) is 32.2 Å². The van der Waals surface area contributed by atoms with Crippen molar-refractivity contribution in [2.45, 2.75) is 45.1 Å². The second-order valence-electron chi connectivity index (χ2n) is 6.48. The van der Waals surface area contributed by atoms with Crippen LogP contribution in [0.15, 0.2) is 35.4 Å². The summed E-state index contributed by atoms with van der Waals surface area (Å²) in [6.45, 7) is 6.37. The van der Waals surface area contributed by atoms with Crippen LogP contribution in [0.2, 0.25) is 0 Å². The molecule has 0 aliphatic rings. The first-order valence-electron chi connectivity index (χ1n) is 9.19. The van der Waals surface area contributed by atoms with E-state index in [4.69, 9.17) is 4.74 Å². The third-order valence-corrected chi connectivity index (χ3v) is 6.01. The van der Waals surface area contributed by atoms with E-state index in [0.29, 0.717) is 18.1 Å². The van der Waals surface area contributed by atoms with Gasteiger partial charge in [-0.25, -0.2) is 18.1 Å². The maximum absolute atomic E-state index is 12.6. The molecule has 2 N–H and O–H groups in total. The largest absolute Gasteiger partial charge is 0.477 e. The Hall–Kier alpha value is -2.45. The molecule has 0 bridgehead atoms. The highest BCUT2D eigenvalue weighted by Gasteiger charge is 2.19. The molecule has 0 fully saturated rings. The number of ether oxygens (including phenoxy) is 1. The minimum Gasteiger partial charge on any atom is -0.477 e. The molecule has 152 valence electrons. The first kappa shape index (κ1) is 21.8. The standard InChI is InChI=1S/C20H27N3O4S/c1-5-6-10-27-20-16(8-7-9-22-20)13-23-19(24)17-11-14(2)15(3)18(12-17)28(25,26)21-4/h7-9,11-12,21H,5-6,10,13H2,1-4H3,(H,23,24). The monoisotopic (exact) mass is 405 g/mol. The summed E-state index contributed by atoms with van der Waals surface area (Å²) in [7, 11) is -2.31. The molecule has 0 aliphatic carbocycles. The number of hydrogen-bond acceptors (Lipinski definition) is 5. The SMILES string of the molecule is CCCCOc1ncccc1CNC(=O)c1cc(C)c(C)c(S(=O)(=O)NC)c1. The maximum Gasteiger partial charge on any atom is 0.251 e. The first-order valence-corrected chi connectivity index (χ1v) is 10.7. The molecule has 2 rings (SSSR count). The predicted octanol–water partition coefficient (Wildman–Crippen LogP) is 2.72. The van der Waals surface area contributed by atoms with Gasteiger partial charge in [0.25, 0.3) is 5.91 Å². The van der Waals surface area contributed by atoms with Crippen LogP contribution in [0.5, 0.6) is 5.88 Å². The number of aromatic nitrogens is 1. The lowest BCUT2D eigenvalue weighted by Gasteiger charge is -2.13. The molecule has 0 saturated heterocycles. The smallest absolute Gasteiger partial charge is 0.251 e. The summed E-state index contributed by atoms with van der Waals surface area (Å²) < 4.78 is 32.4. The van der Waals surface area contributed by atoms with Gasteiger partial charge >= 0.3 is 0 Å². The van der Waals surface area contributed by atoms with E-state index in [-0.39, 0.29) is 22.9 Å². The molecule has 0 atom stereocenters. The van der Waals surface area contributed by atoms with Gasteiger partial charge < -0.3 is 10.1 Å². The quantitative estimate of drug-likeness (QED) is 0.625. The van der Waals surface area contributed by atoms with Crippen LogP contribution in [-0.2, 0) is 16.6 Å². The number of pyridine rings is 1. The summed E-state index contributed by atoms with van der Waals surface area (Å²) in [6.07, 6.45) is 3.59. The van der Waals surface area contributed by atoms with Crippen molar-refractivity contribution in [1.29, 1.82) is 0 Å². The summed E-state index contributed by atoms with van der Waals surface area (Å²) in [5.74, 6) is 0.133. The summed E-state index contributed by atoms with van der Waals surface area (Å²) in [5, 5.41) is 2.82. The highest BCUT2D eigenvalue weighted by atomic mass is 32.2. The minimum absolute atomic E-state index is 0.102. The number of sulfonamides is 1. The van der Waals surface area contributed by atoms with E-state index in [1.807, 2.05) is 6.07 Å². The fourth-order valence-electron chi connectivity index (χ4n) is 2.63. The number of carbonyl (C=O) groups excluding carboxylic acids is 1. The van der Waals surface area contributed by atoms with Gasteiger partial charge in [0, 0.05) is 23.9 Å². The number of benzene rings is 1. The number of aryl methyl sites for hydroxylation is 1. The predicted molar refractivity (Wildman–Crippen MR) is 108 cm³/mol. The Bertz CT molecular complexity index is 942. The second-order valence-corrected chi connectivity index (χ2v) is 8.33. The van der Waals surface area contributed by atoms with Gasteiger partial charge in [0.05, 0.1) is 11.5 Å². The van der Waals surface area contributed by atoms with E-state index in [1.165, 1.54) is 13.1 Å². The number of rotatable bonds is 9. The Balaban J connectivity index is 2.19. The Morgan fingerprint density at radius 1 is 1.25 bits per heavy atom. The topological polar surface area (TPSA) is 97.4 Å². The highest BCUT2D eigenvalue weighted by Crippen LogP contribution is 2.21. The molecule has 1 aromatic carbocycles. The van der Waals surface area contributed by atoms with Crippen LogP contribution in [0.3, 0.4) is 0 Å². The van der Waals surface area contributed by atoms with Crippen LogP contribution >= 0.6 is 0 Å². The van der Waals surface area contributed by atoms with Crippen molar-refractivity contribution in [3.63, 3.8) is 0 Å². The van der Waals surface area contributed by atoms with Crippen molar-refractivity contribution in [1.82, 2.24) is 15.0 Å². The van der Waals surface area contributed by atoms with Gasteiger partial charge in [-0.3, -0.25) is 4.79 Å². The second kappa shape index (κ2) is 9.66. The Morgan fingerprint density at radius 3 is 2.68 bits per heavy atom. The number of carbonyl (C=O) groups is 1. The Kier molecular flexibility index (Phi) is 7.53. The van der Waals surface area contributed by atoms with Gasteiger partial charge in [-0.15, -0.1) is 0 Å². The van der Waals surface area contributed by atoms with E-state index in [0.717, 1.165) is 24.0 Å². The third-order valence-electron chi connectivity index (χ3n) is 4.47. The first-order chi connectivity index (χ1) is 13.3. The molecule has 0 saturated carbocycles. The van der Waals surface area contributed by atoms with Gasteiger partial charge in [0.1, 0.15) is 0 Å². The molecule has 2 aromatic rings. The van der Waals surface area contributed by atoms with Crippen molar-refractivity contribution in [2.24, 2.45) is 0 Å². The number of nitrogens with one attached hydrogen (secondary N) is 2. The van der Waals surface area contributed by atoms with Crippen LogP contribution in [0, 0.1) is 13.8 Å². The van der Waals surface area contributed by atoms with Crippen LogP contribution in [0.1, 0.15) is 46.8 Å². The molecular weight excluding hydrogens is 378 g/mol. The molecule has 8 heteroatoms. The highest BCUT2D eigenvalue weighted by molar-refractivity contribution is 7.89. The average Bonchev–Trinajstić information content (AvgIpc) is 2.68. The fourth-order valence-corrected chi connectivity index (χ4v) is 3.69. The summed E-state index contributed by atoms with van der Waals surface area (Å²) in [5.41, 5.74) is 2.39. The van der Waals surface area contributed by atoms with E-state index >= 15 is 0 Å². The van der Waals surface area contributed by atoms with Gasteiger partial charge in [0.2, 0.25) is 15.9 Å². The van der Waals surface area contributed by atoms with Crippen molar-refractivity contribution >= 4 is 15.9 Å². The van der Waals surface area contributed by atoms with Crippen LogP contribution in [0.4, 0.5) is 0 Å². The third kappa shape index (κ3) is 5.30. The molecule has 1 amide bonds. The zero-order chi connectivity index (χ0) is 20.7. The van der Waals surface area contributed by atoms with Gasteiger partial charge in [-0.1, -0.05) is 19.4 Å². The van der Waals surface area contributed by atoms with Crippen LogP contribution in [0.25, 0.3) is 0 Å². The molecule has 0 unspecified atom stereocenters. The average molecular weight is 406 g/mol. The van der Waals surface area contributed by atoms with Gasteiger partial charge in [-0.2, -0.15) is 0 Å². The molecule has 0 aliphatic heterocycles. The summed E-state index contributed by atoms with van der Waals surface area (Å²) in [6, 6.07) is 6.69. The van der Waals surface area contributed by atoms with E-state index in [9.17, 15) is 13.2 Å². The fraction of sp³-hybridized carbons (Fsp3) is 0.400. The van der Waals surface area contributed by atoms with Crippen LogP contribution < -0.4 is 14.8 Å². The Morgan fingerprint density at radius 2 is 2.00 bits per heavy atom. The maximum atomic E-state index is 12.6. The summed E-state index contributed by atoms with van der Waals surface area (Å²) in [4.78, 5) is 17.0. The molecule has 1 aromatic heterocycles. The normalized spacial score (nSPS) is 11.3. The van der Waals surface area contributed by atoms with Gasteiger partial charge in [-0.05, 0) is 56.6 Å². The zero-order valence-electron chi connectivity index (χ0n) is 16.7. The van der Waals surface area contributed by atoms with Crippen molar-refractivity contribution in [3.8, 4) is 5.88 Å². The number of hydrogen-bond donors (Lipinski definition) is 2. The minimum atomic E-state index is -3.65. The lowest BCUT2D eigenvalue weighted by atomic mass is 10.1. The van der Waals surface area contributed by atoms with Crippen LogP contribution in [-0.4, -0.2) is 33.0 Å². The number of unbranched alkanes of at least 4 members (excludes halogenated alkanes) is 1. The molecule has 0 spiro atoms. The number of amides is 1. The zero-order valence-corrected chi connectivity index (χ0v) is 17.5. The molecular formula is C20H27N3O4S. The molecule has 7 nitrogen and oxygen atoms in total.